The monoisotopic (exact) mass is 271 g/mol. The molecule has 2 saturated heterocycles. The van der Waals surface area contributed by atoms with Crippen molar-refractivity contribution in [2.45, 2.75) is 43.6 Å². The summed E-state index contributed by atoms with van der Waals surface area (Å²) >= 11 is 1.84. The highest BCUT2D eigenvalue weighted by Crippen LogP contribution is 2.31. The molecule has 2 aliphatic rings. The highest BCUT2D eigenvalue weighted by atomic mass is 32.2. The molecule has 2 amide bonds. The van der Waals surface area contributed by atoms with Crippen LogP contribution in [0.2, 0.25) is 0 Å². The van der Waals surface area contributed by atoms with Gasteiger partial charge in [-0.15, -0.1) is 11.8 Å². The maximum Gasteiger partial charge on any atom is 0.246 e. The van der Waals surface area contributed by atoms with Gasteiger partial charge in [0, 0.05) is 6.54 Å². The summed E-state index contributed by atoms with van der Waals surface area (Å²) in [5, 5.41) is 6.09. The van der Waals surface area contributed by atoms with Crippen molar-refractivity contribution in [3.8, 4) is 0 Å². The zero-order chi connectivity index (χ0) is 13.1. The summed E-state index contributed by atoms with van der Waals surface area (Å²) in [6, 6.07) is -0.605. The number of thioether (sulfide) groups is 1. The molecule has 2 N–H and O–H groups in total. The van der Waals surface area contributed by atoms with Gasteiger partial charge in [0.1, 0.15) is 6.04 Å². The molecule has 2 heterocycles. The van der Waals surface area contributed by atoms with Crippen molar-refractivity contribution >= 4 is 23.6 Å². The third-order valence-electron chi connectivity index (χ3n) is 3.64. The first-order valence-corrected chi connectivity index (χ1v) is 7.58. The van der Waals surface area contributed by atoms with E-state index in [1.165, 1.54) is 0 Å². The molecule has 2 fully saturated rings. The summed E-state index contributed by atoms with van der Waals surface area (Å²) in [5.41, 5.74) is 0. The van der Waals surface area contributed by atoms with Crippen molar-refractivity contribution in [2.24, 2.45) is 0 Å². The minimum atomic E-state index is -0.344. The van der Waals surface area contributed by atoms with Gasteiger partial charge in [-0.1, -0.05) is 0 Å². The first-order chi connectivity index (χ1) is 8.63. The predicted octanol–water partition coefficient (Wildman–Crippen LogP) is 0.165. The number of nitrogens with zero attached hydrogens (tertiary/aromatic N) is 1. The average molecular weight is 271 g/mol. The largest absolute Gasteiger partial charge is 0.343 e. The molecule has 0 aromatic heterocycles. The van der Waals surface area contributed by atoms with Crippen LogP contribution in [0.5, 0.6) is 0 Å². The van der Waals surface area contributed by atoms with Crippen LogP contribution in [-0.2, 0) is 9.59 Å². The maximum absolute atomic E-state index is 12.4. The Labute approximate surface area is 112 Å². The highest BCUT2D eigenvalue weighted by molar-refractivity contribution is 7.99. The normalized spacial score (nSPS) is 29.7. The van der Waals surface area contributed by atoms with Gasteiger partial charge in [-0.25, -0.2) is 0 Å². The van der Waals surface area contributed by atoms with Gasteiger partial charge in [0.2, 0.25) is 11.8 Å². The smallest absolute Gasteiger partial charge is 0.246 e. The lowest BCUT2D eigenvalue weighted by atomic mass is 10.1. The van der Waals surface area contributed by atoms with Crippen LogP contribution in [0.15, 0.2) is 0 Å². The zero-order valence-electron chi connectivity index (χ0n) is 10.9. The number of likely N-dealkylation sites (N-methyl/N-ethyl adjacent to an activating group) is 1. The fraction of sp³-hybridized carbons (Fsp3) is 0.833. The Morgan fingerprint density at radius 1 is 1.50 bits per heavy atom. The standard InChI is InChI=1S/C12H21N3O2S/c1-8(13-2)11(16)14-9-5-7-18-10-4-3-6-15(10)12(9)17/h8-10,13H,3-7H2,1-2H3,(H,14,16). The van der Waals surface area contributed by atoms with Crippen molar-refractivity contribution in [3.05, 3.63) is 0 Å². The molecule has 5 nitrogen and oxygen atoms in total. The third-order valence-corrected chi connectivity index (χ3v) is 4.98. The second-order valence-corrected chi connectivity index (χ2v) is 6.15. The Balaban J connectivity index is 1.99. The Hall–Kier alpha value is -0.750. The first-order valence-electron chi connectivity index (χ1n) is 6.53. The molecule has 2 rings (SSSR count). The summed E-state index contributed by atoms with van der Waals surface area (Å²) in [5.74, 6) is 0.934. The number of hydrogen-bond acceptors (Lipinski definition) is 4. The van der Waals surface area contributed by atoms with Gasteiger partial charge in [-0.05, 0) is 39.0 Å². The molecule has 102 valence electrons. The van der Waals surface area contributed by atoms with Crippen LogP contribution >= 0.6 is 11.8 Å². The molecule has 0 saturated carbocycles. The minimum absolute atomic E-state index is 0.0964. The summed E-state index contributed by atoms with van der Waals surface area (Å²) in [4.78, 5) is 26.1. The number of fused-ring (bicyclic) bond motifs is 1. The van der Waals surface area contributed by atoms with Crippen molar-refractivity contribution in [3.63, 3.8) is 0 Å². The molecule has 0 aromatic rings. The fourth-order valence-corrected chi connectivity index (χ4v) is 3.74. The summed E-state index contributed by atoms with van der Waals surface area (Å²) in [6.45, 7) is 2.63. The fourth-order valence-electron chi connectivity index (χ4n) is 2.37. The highest BCUT2D eigenvalue weighted by Gasteiger charge is 2.36. The van der Waals surface area contributed by atoms with E-state index in [1.54, 1.807) is 14.0 Å². The molecule has 0 radical (unpaired) electrons. The number of nitrogens with one attached hydrogen (secondary N) is 2. The molecule has 0 spiro atoms. The lowest BCUT2D eigenvalue weighted by molar-refractivity contribution is -0.136. The topological polar surface area (TPSA) is 61.4 Å². The summed E-state index contributed by atoms with van der Waals surface area (Å²) < 4.78 is 0. The van der Waals surface area contributed by atoms with Crippen LogP contribution in [0.4, 0.5) is 0 Å². The van der Waals surface area contributed by atoms with E-state index in [4.69, 9.17) is 0 Å². The molecule has 3 unspecified atom stereocenters. The van der Waals surface area contributed by atoms with Crippen LogP contribution in [0.25, 0.3) is 0 Å². The van der Waals surface area contributed by atoms with Gasteiger partial charge in [-0.2, -0.15) is 0 Å². The van der Waals surface area contributed by atoms with Crippen LogP contribution < -0.4 is 10.6 Å². The summed E-state index contributed by atoms with van der Waals surface area (Å²) in [7, 11) is 1.74. The van der Waals surface area contributed by atoms with E-state index in [1.807, 2.05) is 16.7 Å². The SMILES string of the molecule is CNC(C)C(=O)NC1CCSC2CCCN2C1=O. The van der Waals surface area contributed by atoms with Gasteiger partial charge >= 0.3 is 0 Å². The quantitative estimate of drug-likeness (QED) is 0.768. The summed E-state index contributed by atoms with van der Waals surface area (Å²) in [6.07, 6.45) is 2.90. The second kappa shape index (κ2) is 5.93. The number of amides is 2. The molecule has 0 aliphatic carbocycles. The number of rotatable bonds is 3. The Kier molecular flexibility index (Phi) is 4.50. The van der Waals surface area contributed by atoms with E-state index in [0.717, 1.165) is 31.6 Å². The Bertz CT molecular complexity index is 337. The average Bonchev–Trinajstić information content (AvgIpc) is 2.78. The van der Waals surface area contributed by atoms with Gasteiger partial charge in [0.25, 0.3) is 0 Å². The van der Waals surface area contributed by atoms with Crippen molar-refractivity contribution in [1.29, 1.82) is 0 Å². The number of carbonyl (C=O) groups is 2. The Morgan fingerprint density at radius 3 is 3.00 bits per heavy atom. The molecule has 2 aliphatic heterocycles. The lowest BCUT2D eigenvalue weighted by Gasteiger charge is -2.25. The van der Waals surface area contributed by atoms with Gasteiger partial charge < -0.3 is 15.5 Å². The Morgan fingerprint density at radius 2 is 2.28 bits per heavy atom. The lowest BCUT2D eigenvalue weighted by Crippen LogP contribution is -2.52. The molecule has 0 aromatic carbocycles. The van der Waals surface area contributed by atoms with Crippen molar-refractivity contribution in [1.82, 2.24) is 15.5 Å². The zero-order valence-corrected chi connectivity index (χ0v) is 11.8. The van der Waals surface area contributed by atoms with Crippen LogP contribution in [0.3, 0.4) is 0 Å². The van der Waals surface area contributed by atoms with Crippen molar-refractivity contribution in [2.75, 3.05) is 19.3 Å². The van der Waals surface area contributed by atoms with Crippen LogP contribution in [-0.4, -0.2) is 53.5 Å². The molecule has 6 heteroatoms. The van der Waals surface area contributed by atoms with Gasteiger partial charge in [0.05, 0.1) is 11.4 Å². The van der Waals surface area contributed by atoms with E-state index in [9.17, 15) is 9.59 Å². The van der Waals surface area contributed by atoms with E-state index in [-0.39, 0.29) is 23.9 Å². The third kappa shape index (κ3) is 2.80. The van der Waals surface area contributed by atoms with Gasteiger partial charge in [-0.3, -0.25) is 9.59 Å². The maximum atomic E-state index is 12.4. The number of carbonyl (C=O) groups excluding carboxylic acids is 2. The van der Waals surface area contributed by atoms with Crippen LogP contribution in [0, 0.1) is 0 Å². The number of hydrogen-bond donors (Lipinski definition) is 2. The van der Waals surface area contributed by atoms with E-state index in [2.05, 4.69) is 10.6 Å². The molecule has 0 bridgehead atoms. The molecular weight excluding hydrogens is 250 g/mol. The molecule has 3 atom stereocenters. The predicted molar refractivity (Wildman–Crippen MR) is 72.3 cm³/mol. The first kappa shape index (κ1) is 13.7. The van der Waals surface area contributed by atoms with Crippen molar-refractivity contribution < 1.29 is 9.59 Å². The van der Waals surface area contributed by atoms with E-state index < -0.39 is 0 Å². The van der Waals surface area contributed by atoms with E-state index in [0.29, 0.717) is 5.37 Å². The molecule has 18 heavy (non-hydrogen) atoms. The minimum Gasteiger partial charge on any atom is -0.343 e. The van der Waals surface area contributed by atoms with Gasteiger partial charge in [0.15, 0.2) is 0 Å². The molecular formula is C12H21N3O2S. The van der Waals surface area contributed by atoms with E-state index >= 15 is 0 Å². The van der Waals surface area contributed by atoms with Crippen LogP contribution in [0.1, 0.15) is 26.2 Å². The second-order valence-electron chi connectivity index (χ2n) is 4.86.